The lowest BCUT2D eigenvalue weighted by Crippen LogP contribution is -2.55. The normalized spacial score (nSPS) is 14.8. The van der Waals surface area contributed by atoms with E-state index in [2.05, 4.69) is 22.1 Å². The second-order valence-electron chi connectivity index (χ2n) is 9.45. The average Bonchev–Trinajstić information content (AvgIpc) is 3.22. The second kappa shape index (κ2) is 9.54. The van der Waals surface area contributed by atoms with Gasteiger partial charge in [-0.2, -0.15) is 0 Å². The van der Waals surface area contributed by atoms with Crippen molar-refractivity contribution in [2.24, 2.45) is 5.92 Å². The van der Waals surface area contributed by atoms with Gasteiger partial charge in [0, 0.05) is 32.3 Å². The van der Waals surface area contributed by atoms with E-state index in [1.54, 1.807) is 17.4 Å². The summed E-state index contributed by atoms with van der Waals surface area (Å²) in [5.41, 5.74) is 2.66. The minimum atomic E-state index is -0.643. The van der Waals surface area contributed by atoms with Crippen LogP contribution in [0.15, 0.2) is 36.8 Å². The van der Waals surface area contributed by atoms with Crippen LogP contribution in [-0.4, -0.2) is 56.5 Å². The molecule has 0 radical (unpaired) electrons. The van der Waals surface area contributed by atoms with E-state index in [1.807, 2.05) is 51.7 Å². The van der Waals surface area contributed by atoms with Gasteiger partial charge in [0.25, 0.3) is 0 Å². The number of benzene rings is 1. The molecule has 0 aliphatic carbocycles. The number of ether oxygens (including phenoxy) is 1. The van der Waals surface area contributed by atoms with Gasteiger partial charge in [-0.15, -0.1) is 0 Å². The van der Waals surface area contributed by atoms with E-state index in [-0.39, 0.29) is 11.8 Å². The summed E-state index contributed by atoms with van der Waals surface area (Å²) in [6, 6.07) is 7.63. The van der Waals surface area contributed by atoms with Crippen molar-refractivity contribution in [3.05, 3.63) is 53.6 Å². The minimum Gasteiger partial charge on any atom is -0.444 e. The van der Waals surface area contributed by atoms with Crippen LogP contribution in [0.25, 0.3) is 0 Å². The van der Waals surface area contributed by atoms with Gasteiger partial charge >= 0.3 is 6.09 Å². The van der Waals surface area contributed by atoms with Crippen LogP contribution in [0.4, 0.5) is 4.79 Å². The number of H-pyrrole nitrogens is 1. The Hall–Kier alpha value is -2.83. The molecule has 0 spiro atoms. The smallest absolute Gasteiger partial charge is 0.410 e. The van der Waals surface area contributed by atoms with E-state index >= 15 is 0 Å². The Balaban J connectivity index is 1.83. The molecule has 2 aromatic rings. The number of carbonyl (C=O) groups is 2. The highest BCUT2D eigenvalue weighted by Crippen LogP contribution is 2.24. The zero-order valence-corrected chi connectivity index (χ0v) is 19.2. The van der Waals surface area contributed by atoms with Gasteiger partial charge in [-0.25, -0.2) is 9.78 Å². The highest BCUT2D eigenvalue weighted by atomic mass is 16.6. The van der Waals surface area contributed by atoms with Crippen molar-refractivity contribution >= 4 is 12.0 Å². The molecule has 3 rings (SSSR count). The molecule has 168 valence electrons. The summed E-state index contributed by atoms with van der Waals surface area (Å²) in [4.78, 5) is 37.5. The Bertz CT molecular complexity index is 886. The lowest BCUT2D eigenvalue weighted by atomic mass is 9.96. The van der Waals surface area contributed by atoms with Gasteiger partial charge in [0.05, 0.1) is 12.0 Å². The maximum atomic E-state index is 13.7. The number of hydrogen-bond donors (Lipinski definition) is 1. The molecule has 2 amide bonds. The topological polar surface area (TPSA) is 78.5 Å². The first-order valence-electron chi connectivity index (χ1n) is 11.0. The van der Waals surface area contributed by atoms with Crippen molar-refractivity contribution in [1.29, 1.82) is 0 Å². The Morgan fingerprint density at radius 2 is 1.94 bits per heavy atom. The van der Waals surface area contributed by atoms with Gasteiger partial charge in [0.1, 0.15) is 11.6 Å². The number of aromatic amines is 1. The lowest BCUT2D eigenvalue weighted by Gasteiger charge is -2.39. The maximum absolute atomic E-state index is 13.7. The summed E-state index contributed by atoms with van der Waals surface area (Å²) in [7, 11) is 0. The summed E-state index contributed by atoms with van der Waals surface area (Å²) in [6.07, 6.45) is 4.33. The molecule has 0 fully saturated rings. The third-order valence-electron chi connectivity index (χ3n) is 5.45. The highest BCUT2D eigenvalue weighted by Gasteiger charge is 2.38. The van der Waals surface area contributed by atoms with Gasteiger partial charge < -0.3 is 14.6 Å². The third kappa shape index (κ3) is 5.87. The van der Waals surface area contributed by atoms with Crippen LogP contribution >= 0.6 is 0 Å². The maximum Gasteiger partial charge on any atom is 0.410 e. The third-order valence-corrected chi connectivity index (χ3v) is 5.45. The molecular formula is C24H34N4O3. The van der Waals surface area contributed by atoms with Crippen molar-refractivity contribution in [2.75, 3.05) is 13.1 Å². The van der Waals surface area contributed by atoms with Crippen LogP contribution in [-0.2, 0) is 28.9 Å². The standard InChI is InChI=1S/C24H34N4O3/c1-17(2)21(22(29)27-12-10-18-8-6-7-9-19(18)15-27)28(23(30)31-24(3,4)5)13-11-20-14-25-16-26-20/h6-9,14,16-17,21H,10-13,15H2,1-5H3,(H,25,26)/t21-/m0/s1. The van der Waals surface area contributed by atoms with E-state index in [4.69, 9.17) is 4.74 Å². The molecule has 0 saturated heterocycles. The zero-order valence-electron chi connectivity index (χ0n) is 19.2. The highest BCUT2D eigenvalue weighted by molar-refractivity contribution is 5.86. The Morgan fingerprint density at radius 3 is 2.55 bits per heavy atom. The Labute approximate surface area is 184 Å². The fourth-order valence-corrected chi connectivity index (χ4v) is 3.98. The van der Waals surface area contributed by atoms with Crippen molar-refractivity contribution in [2.45, 2.75) is 65.6 Å². The number of rotatable bonds is 6. The molecule has 7 heteroatoms. The van der Waals surface area contributed by atoms with E-state index < -0.39 is 17.7 Å². The van der Waals surface area contributed by atoms with Gasteiger partial charge in [0.15, 0.2) is 0 Å². The molecule has 1 aromatic heterocycles. The predicted octanol–water partition coefficient (Wildman–Crippen LogP) is 3.80. The van der Waals surface area contributed by atoms with Crippen LogP contribution in [0.1, 0.15) is 51.4 Å². The number of hydrogen-bond acceptors (Lipinski definition) is 4. The summed E-state index contributed by atoms with van der Waals surface area (Å²) >= 11 is 0. The molecule has 0 saturated carbocycles. The van der Waals surface area contributed by atoms with E-state index in [0.29, 0.717) is 26.1 Å². The quantitative estimate of drug-likeness (QED) is 0.762. The van der Waals surface area contributed by atoms with Crippen molar-refractivity contribution in [1.82, 2.24) is 19.8 Å². The first-order valence-corrected chi connectivity index (χ1v) is 11.0. The summed E-state index contributed by atoms with van der Waals surface area (Å²) < 4.78 is 5.68. The molecule has 31 heavy (non-hydrogen) atoms. The molecule has 0 bridgehead atoms. The van der Waals surface area contributed by atoms with Gasteiger partial charge in [-0.3, -0.25) is 9.69 Å². The SMILES string of the molecule is CC(C)[C@@H](C(=O)N1CCc2ccccc2C1)N(CCc1c[nH]cn1)C(=O)OC(C)(C)C. The number of nitrogens with zero attached hydrogens (tertiary/aromatic N) is 3. The number of carbonyl (C=O) groups excluding carboxylic acids is 2. The molecule has 1 aromatic carbocycles. The van der Waals surface area contributed by atoms with E-state index in [1.165, 1.54) is 11.1 Å². The molecule has 1 atom stereocenters. The molecular weight excluding hydrogens is 392 g/mol. The summed E-state index contributed by atoms with van der Waals surface area (Å²) in [6.45, 7) is 11.1. The predicted molar refractivity (Wildman–Crippen MR) is 119 cm³/mol. The number of amides is 2. The second-order valence-corrected chi connectivity index (χ2v) is 9.45. The van der Waals surface area contributed by atoms with Crippen LogP contribution in [0, 0.1) is 5.92 Å². The number of nitrogens with one attached hydrogen (secondary N) is 1. The lowest BCUT2D eigenvalue weighted by molar-refractivity contribution is -0.139. The average molecular weight is 427 g/mol. The van der Waals surface area contributed by atoms with Crippen LogP contribution in [0.3, 0.4) is 0 Å². The molecule has 1 aliphatic rings. The fourth-order valence-electron chi connectivity index (χ4n) is 3.98. The van der Waals surface area contributed by atoms with E-state index in [0.717, 1.165) is 12.1 Å². The van der Waals surface area contributed by atoms with Crippen molar-refractivity contribution in [3.63, 3.8) is 0 Å². The monoisotopic (exact) mass is 426 g/mol. The Kier molecular flexibility index (Phi) is 7.03. The largest absolute Gasteiger partial charge is 0.444 e. The van der Waals surface area contributed by atoms with Gasteiger partial charge in [-0.1, -0.05) is 38.1 Å². The Morgan fingerprint density at radius 1 is 1.23 bits per heavy atom. The fraction of sp³-hybridized carbons (Fsp3) is 0.542. The van der Waals surface area contributed by atoms with Crippen molar-refractivity contribution in [3.8, 4) is 0 Å². The van der Waals surface area contributed by atoms with Gasteiger partial charge in [-0.05, 0) is 44.2 Å². The first-order chi connectivity index (χ1) is 14.7. The molecule has 1 N–H and O–H groups in total. The molecule has 7 nitrogen and oxygen atoms in total. The molecule has 2 heterocycles. The number of imidazole rings is 1. The van der Waals surface area contributed by atoms with Crippen LogP contribution < -0.4 is 0 Å². The van der Waals surface area contributed by atoms with Crippen LogP contribution in [0.5, 0.6) is 0 Å². The van der Waals surface area contributed by atoms with E-state index in [9.17, 15) is 9.59 Å². The summed E-state index contributed by atoms with van der Waals surface area (Å²) in [5.74, 6) is -0.0891. The number of aromatic nitrogens is 2. The first kappa shape index (κ1) is 22.8. The number of fused-ring (bicyclic) bond motifs is 1. The van der Waals surface area contributed by atoms with Crippen molar-refractivity contribution < 1.29 is 14.3 Å². The molecule has 0 unspecified atom stereocenters. The molecule has 1 aliphatic heterocycles. The van der Waals surface area contributed by atoms with Crippen LogP contribution in [0.2, 0.25) is 0 Å². The minimum absolute atomic E-state index is 0.0302. The van der Waals surface area contributed by atoms with Gasteiger partial charge in [0.2, 0.25) is 5.91 Å². The summed E-state index contributed by atoms with van der Waals surface area (Å²) in [5, 5.41) is 0. The zero-order chi connectivity index (χ0) is 22.6.